The molecule has 0 fully saturated rings. The second-order valence-corrected chi connectivity index (χ2v) is 5.86. The summed E-state index contributed by atoms with van der Waals surface area (Å²) in [5.74, 6) is -2.61. The maximum atomic E-state index is 12.2. The topological polar surface area (TPSA) is 95.5 Å². The molecule has 1 aliphatic rings. The van der Waals surface area contributed by atoms with Crippen LogP contribution in [0.5, 0.6) is 0 Å². The molecule has 6 heteroatoms. The molecule has 118 valence electrons. The summed E-state index contributed by atoms with van der Waals surface area (Å²) < 4.78 is 0. The van der Waals surface area contributed by atoms with E-state index in [1.165, 1.54) is 0 Å². The Morgan fingerprint density at radius 2 is 1.71 bits per heavy atom. The van der Waals surface area contributed by atoms with Gasteiger partial charge in [-0.3, -0.25) is 14.4 Å². The van der Waals surface area contributed by atoms with Gasteiger partial charge in [-0.1, -0.05) is 26.0 Å². The first-order chi connectivity index (χ1) is 9.82. The number of aliphatic carboxylic acids is 1. The number of carbonyl (C=O) groups excluding carboxylic acids is 2. The maximum Gasteiger partial charge on any atom is 0.307 e. The minimum atomic E-state index is -0.976. The van der Waals surface area contributed by atoms with Crippen LogP contribution in [0.2, 0.25) is 0 Å². The molecular formula is C15H24N2O4. The summed E-state index contributed by atoms with van der Waals surface area (Å²) in [6, 6.07) is -0.670. The van der Waals surface area contributed by atoms with E-state index in [9.17, 15) is 14.4 Å². The molecule has 3 unspecified atom stereocenters. The minimum Gasteiger partial charge on any atom is -0.481 e. The van der Waals surface area contributed by atoms with Gasteiger partial charge in [0, 0.05) is 6.54 Å². The molecule has 0 aromatic heterocycles. The van der Waals surface area contributed by atoms with Crippen molar-refractivity contribution in [3.05, 3.63) is 12.2 Å². The molecule has 0 saturated heterocycles. The van der Waals surface area contributed by atoms with Crippen molar-refractivity contribution in [3.63, 3.8) is 0 Å². The number of allylic oxidation sites excluding steroid dienone is 2. The van der Waals surface area contributed by atoms with E-state index in [0.717, 1.165) is 0 Å². The van der Waals surface area contributed by atoms with Gasteiger partial charge in [0.15, 0.2) is 0 Å². The van der Waals surface area contributed by atoms with E-state index < -0.39 is 23.8 Å². The lowest BCUT2D eigenvalue weighted by Gasteiger charge is -2.25. The van der Waals surface area contributed by atoms with Gasteiger partial charge < -0.3 is 15.7 Å². The van der Waals surface area contributed by atoms with Crippen LogP contribution in [0.15, 0.2) is 12.2 Å². The zero-order chi connectivity index (χ0) is 16.0. The first-order valence-electron chi connectivity index (χ1n) is 7.28. The van der Waals surface area contributed by atoms with Crippen LogP contribution in [0.4, 0.5) is 0 Å². The molecule has 0 aliphatic heterocycles. The van der Waals surface area contributed by atoms with Crippen LogP contribution < -0.4 is 10.6 Å². The van der Waals surface area contributed by atoms with Gasteiger partial charge in [-0.25, -0.2) is 0 Å². The molecule has 21 heavy (non-hydrogen) atoms. The number of nitrogens with one attached hydrogen (secondary N) is 2. The largest absolute Gasteiger partial charge is 0.481 e. The molecular weight excluding hydrogens is 272 g/mol. The lowest BCUT2D eigenvalue weighted by Crippen LogP contribution is -2.49. The molecule has 0 aromatic carbocycles. The Morgan fingerprint density at radius 1 is 1.14 bits per heavy atom. The fraction of sp³-hybridized carbons (Fsp3) is 0.667. The van der Waals surface area contributed by atoms with Crippen molar-refractivity contribution in [2.75, 3.05) is 6.54 Å². The molecule has 1 rings (SSSR count). The highest BCUT2D eigenvalue weighted by atomic mass is 16.4. The number of amides is 2. The van der Waals surface area contributed by atoms with E-state index >= 15 is 0 Å². The van der Waals surface area contributed by atoms with Gasteiger partial charge in [0.2, 0.25) is 11.8 Å². The van der Waals surface area contributed by atoms with Crippen molar-refractivity contribution in [1.29, 1.82) is 0 Å². The van der Waals surface area contributed by atoms with Crippen LogP contribution in [-0.4, -0.2) is 35.5 Å². The fourth-order valence-electron chi connectivity index (χ4n) is 2.22. The number of carbonyl (C=O) groups is 3. The first kappa shape index (κ1) is 17.2. The summed E-state index contributed by atoms with van der Waals surface area (Å²) >= 11 is 0. The predicted octanol–water partition coefficient (Wildman–Crippen LogP) is 0.930. The molecule has 0 bridgehead atoms. The van der Waals surface area contributed by atoms with Crippen LogP contribution in [0.1, 0.15) is 33.6 Å². The lowest BCUT2D eigenvalue weighted by molar-refractivity contribution is -0.147. The summed E-state index contributed by atoms with van der Waals surface area (Å²) in [4.78, 5) is 35.2. The van der Waals surface area contributed by atoms with E-state index in [-0.39, 0.29) is 11.8 Å². The highest BCUT2D eigenvalue weighted by molar-refractivity contribution is 5.90. The molecule has 0 radical (unpaired) electrons. The molecule has 2 amide bonds. The predicted molar refractivity (Wildman–Crippen MR) is 78.4 cm³/mol. The monoisotopic (exact) mass is 296 g/mol. The van der Waals surface area contributed by atoms with E-state index in [1.807, 2.05) is 19.9 Å². The summed E-state index contributed by atoms with van der Waals surface area (Å²) in [7, 11) is 0. The summed E-state index contributed by atoms with van der Waals surface area (Å²) in [5.41, 5.74) is 0. The van der Waals surface area contributed by atoms with Crippen molar-refractivity contribution in [2.45, 2.75) is 39.7 Å². The quantitative estimate of drug-likeness (QED) is 0.635. The third-order valence-corrected chi connectivity index (χ3v) is 3.52. The molecule has 1 aliphatic carbocycles. The molecule has 0 saturated carbocycles. The van der Waals surface area contributed by atoms with Gasteiger partial charge >= 0.3 is 5.97 Å². The lowest BCUT2D eigenvalue weighted by atomic mass is 9.82. The summed E-state index contributed by atoms with van der Waals surface area (Å²) in [6.45, 7) is 6.11. The van der Waals surface area contributed by atoms with Gasteiger partial charge in [-0.2, -0.15) is 0 Å². The third kappa shape index (κ3) is 5.21. The SMILES string of the molecule is CC(C)CNC(=O)C(C)NC(=O)C1CC=CCC1C(=O)O. The van der Waals surface area contributed by atoms with E-state index in [1.54, 1.807) is 13.0 Å². The Bertz CT molecular complexity index is 431. The van der Waals surface area contributed by atoms with Crippen molar-refractivity contribution >= 4 is 17.8 Å². The number of carboxylic acids is 1. The van der Waals surface area contributed by atoms with Crippen LogP contribution in [-0.2, 0) is 14.4 Å². The Balaban J connectivity index is 2.56. The number of carboxylic acid groups (broad SMARTS) is 1. The molecule has 6 nitrogen and oxygen atoms in total. The van der Waals surface area contributed by atoms with Crippen molar-refractivity contribution in [3.8, 4) is 0 Å². The zero-order valence-electron chi connectivity index (χ0n) is 12.8. The van der Waals surface area contributed by atoms with Crippen molar-refractivity contribution in [2.24, 2.45) is 17.8 Å². The van der Waals surface area contributed by atoms with Crippen LogP contribution in [0, 0.1) is 17.8 Å². The van der Waals surface area contributed by atoms with Crippen molar-refractivity contribution in [1.82, 2.24) is 10.6 Å². The van der Waals surface area contributed by atoms with Crippen LogP contribution in [0.25, 0.3) is 0 Å². The Morgan fingerprint density at radius 3 is 2.24 bits per heavy atom. The average molecular weight is 296 g/mol. The van der Waals surface area contributed by atoms with Crippen molar-refractivity contribution < 1.29 is 19.5 Å². The zero-order valence-corrected chi connectivity index (χ0v) is 12.8. The number of hydrogen-bond acceptors (Lipinski definition) is 3. The Hall–Kier alpha value is -1.85. The van der Waals surface area contributed by atoms with Gasteiger partial charge in [0.05, 0.1) is 11.8 Å². The van der Waals surface area contributed by atoms with E-state index in [2.05, 4.69) is 10.6 Å². The summed E-state index contributed by atoms with van der Waals surface area (Å²) in [6.07, 6.45) is 4.33. The van der Waals surface area contributed by atoms with Gasteiger partial charge in [0.25, 0.3) is 0 Å². The Kier molecular flexibility index (Phi) is 6.39. The smallest absolute Gasteiger partial charge is 0.307 e. The molecule has 0 aromatic rings. The second kappa shape index (κ2) is 7.81. The molecule has 3 N–H and O–H groups in total. The second-order valence-electron chi connectivity index (χ2n) is 5.86. The van der Waals surface area contributed by atoms with Gasteiger partial charge in [-0.05, 0) is 25.7 Å². The molecule has 3 atom stereocenters. The maximum absolute atomic E-state index is 12.2. The average Bonchev–Trinajstić information content (AvgIpc) is 2.44. The normalized spacial score (nSPS) is 22.7. The first-order valence-corrected chi connectivity index (χ1v) is 7.28. The Labute approximate surface area is 125 Å². The molecule has 0 spiro atoms. The minimum absolute atomic E-state index is 0.254. The molecule has 0 heterocycles. The number of hydrogen-bond donors (Lipinski definition) is 3. The van der Waals surface area contributed by atoms with Crippen LogP contribution in [0.3, 0.4) is 0 Å². The van der Waals surface area contributed by atoms with Gasteiger partial charge in [-0.15, -0.1) is 0 Å². The van der Waals surface area contributed by atoms with E-state index in [0.29, 0.717) is 25.3 Å². The summed E-state index contributed by atoms with van der Waals surface area (Å²) in [5, 5.41) is 14.5. The van der Waals surface area contributed by atoms with E-state index in [4.69, 9.17) is 5.11 Å². The highest BCUT2D eigenvalue weighted by Gasteiger charge is 2.34. The third-order valence-electron chi connectivity index (χ3n) is 3.52. The van der Waals surface area contributed by atoms with Crippen LogP contribution >= 0.6 is 0 Å². The standard InChI is InChI=1S/C15H24N2O4/c1-9(2)8-16-13(18)10(3)17-14(19)11-6-4-5-7-12(11)15(20)21/h4-5,9-12H,6-8H2,1-3H3,(H,16,18)(H,17,19)(H,20,21). The number of rotatable bonds is 6. The fourth-order valence-corrected chi connectivity index (χ4v) is 2.22. The highest BCUT2D eigenvalue weighted by Crippen LogP contribution is 2.26. The van der Waals surface area contributed by atoms with Gasteiger partial charge in [0.1, 0.15) is 6.04 Å².